The van der Waals surface area contributed by atoms with Crippen LogP contribution in [0.5, 0.6) is 0 Å². The van der Waals surface area contributed by atoms with E-state index < -0.39 is 12.0 Å². The predicted molar refractivity (Wildman–Crippen MR) is 66.6 cm³/mol. The molecule has 3 amide bonds. The summed E-state index contributed by atoms with van der Waals surface area (Å²) in [5.74, 6) is -0.868. The summed E-state index contributed by atoms with van der Waals surface area (Å²) in [5.41, 5.74) is 0. The number of carbonyl (C=O) groups is 3. The highest BCUT2D eigenvalue weighted by atomic mass is 16.4. The molecule has 0 saturated carbocycles. The molecule has 2 aliphatic rings. The van der Waals surface area contributed by atoms with Crippen molar-refractivity contribution in [2.45, 2.75) is 38.3 Å². The highest BCUT2D eigenvalue weighted by Gasteiger charge is 2.37. The number of nitrogens with zero attached hydrogens (tertiary/aromatic N) is 2. The number of piperazine rings is 1. The average molecular weight is 269 g/mol. The summed E-state index contributed by atoms with van der Waals surface area (Å²) in [6.45, 7) is 3.21. The number of carboxylic acids is 1. The Kier molecular flexibility index (Phi) is 3.92. The summed E-state index contributed by atoms with van der Waals surface area (Å²) >= 11 is 0. The van der Waals surface area contributed by atoms with Crippen molar-refractivity contribution in [1.82, 2.24) is 15.1 Å². The Labute approximate surface area is 111 Å². The molecule has 0 aromatic rings. The minimum Gasteiger partial charge on any atom is -0.480 e. The topological polar surface area (TPSA) is 90.0 Å². The van der Waals surface area contributed by atoms with Crippen LogP contribution in [0, 0.1) is 0 Å². The second-order valence-electron chi connectivity index (χ2n) is 4.97. The Morgan fingerprint density at radius 3 is 2.84 bits per heavy atom. The van der Waals surface area contributed by atoms with Crippen LogP contribution in [0.15, 0.2) is 0 Å². The van der Waals surface area contributed by atoms with Crippen LogP contribution in [0.2, 0.25) is 0 Å². The largest absolute Gasteiger partial charge is 0.480 e. The van der Waals surface area contributed by atoms with E-state index in [1.54, 1.807) is 11.8 Å². The molecule has 2 N–H and O–H groups in total. The van der Waals surface area contributed by atoms with Gasteiger partial charge in [-0.05, 0) is 12.8 Å². The van der Waals surface area contributed by atoms with Crippen LogP contribution in [-0.2, 0) is 9.59 Å². The maximum atomic E-state index is 12.0. The van der Waals surface area contributed by atoms with E-state index in [-0.39, 0.29) is 18.0 Å². The fraction of sp³-hybridized carbons (Fsp3) is 0.750. The minimum absolute atomic E-state index is 0.0944. The van der Waals surface area contributed by atoms with Crippen molar-refractivity contribution < 1.29 is 19.5 Å². The van der Waals surface area contributed by atoms with Crippen LogP contribution in [0.25, 0.3) is 0 Å². The standard InChI is InChI=1S/C12H19N3O4/c1-2-9(11(17)18)13-12(19)14-5-6-15-8(7-14)3-4-10(15)16/h8-9H,2-7H2,1H3,(H,13,19)(H,17,18)/t8?,9-/m0/s1. The van der Waals surface area contributed by atoms with Crippen molar-refractivity contribution in [2.24, 2.45) is 0 Å². The molecular formula is C12H19N3O4. The summed E-state index contributed by atoms with van der Waals surface area (Å²) in [6, 6.07) is -1.11. The third kappa shape index (κ3) is 2.80. The van der Waals surface area contributed by atoms with Crippen molar-refractivity contribution in [3.63, 3.8) is 0 Å². The molecular weight excluding hydrogens is 250 g/mol. The van der Waals surface area contributed by atoms with Gasteiger partial charge < -0.3 is 20.2 Å². The van der Waals surface area contributed by atoms with E-state index in [0.29, 0.717) is 32.5 Å². The minimum atomic E-state index is -1.02. The van der Waals surface area contributed by atoms with Crippen LogP contribution in [0.4, 0.5) is 4.79 Å². The van der Waals surface area contributed by atoms with E-state index in [0.717, 1.165) is 6.42 Å². The van der Waals surface area contributed by atoms with Gasteiger partial charge in [0.25, 0.3) is 0 Å². The van der Waals surface area contributed by atoms with Crippen LogP contribution in [0.1, 0.15) is 26.2 Å². The molecule has 2 saturated heterocycles. The summed E-state index contributed by atoms with van der Waals surface area (Å²) in [6.07, 6.45) is 1.68. The molecule has 0 radical (unpaired) electrons. The van der Waals surface area contributed by atoms with Gasteiger partial charge >= 0.3 is 12.0 Å². The molecule has 0 aliphatic carbocycles. The molecule has 2 atom stereocenters. The summed E-state index contributed by atoms with van der Waals surface area (Å²) in [4.78, 5) is 37.8. The molecule has 1 unspecified atom stereocenters. The molecule has 2 aliphatic heterocycles. The maximum absolute atomic E-state index is 12.0. The Bertz CT molecular complexity index is 398. The van der Waals surface area contributed by atoms with Crippen molar-refractivity contribution in [2.75, 3.05) is 19.6 Å². The number of amides is 3. The van der Waals surface area contributed by atoms with E-state index in [9.17, 15) is 14.4 Å². The number of urea groups is 1. The molecule has 106 valence electrons. The van der Waals surface area contributed by atoms with E-state index in [1.807, 2.05) is 4.90 Å². The Hall–Kier alpha value is -1.79. The van der Waals surface area contributed by atoms with E-state index in [2.05, 4.69) is 5.32 Å². The number of hydrogen-bond acceptors (Lipinski definition) is 3. The third-order valence-electron chi connectivity index (χ3n) is 3.79. The molecule has 19 heavy (non-hydrogen) atoms. The molecule has 2 rings (SSSR count). The summed E-state index contributed by atoms with van der Waals surface area (Å²) < 4.78 is 0. The SMILES string of the molecule is CC[C@H](NC(=O)N1CCN2C(=O)CCC2C1)C(=O)O. The Balaban J connectivity index is 1.91. The third-order valence-corrected chi connectivity index (χ3v) is 3.79. The monoisotopic (exact) mass is 269 g/mol. The Morgan fingerprint density at radius 1 is 1.47 bits per heavy atom. The van der Waals surface area contributed by atoms with Crippen molar-refractivity contribution in [1.29, 1.82) is 0 Å². The van der Waals surface area contributed by atoms with Gasteiger partial charge in [-0.25, -0.2) is 9.59 Å². The van der Waals surface area contributed by atoms with Gasteiger partial charge in [-0.3, -0.25) is 4.79 Å². The van der Waals surface area contributed by atoms with Gasteiger partial charge in [0.15, 0.2) is 0 Å². The van der Waals surface area contributed by atoms with Crippen molar-refractivity contribution in [3.05, 3.63) is 0 Å². The lowest BCUT2D eigenvalue weighted by Gasteiger charge is -2.37. The first-order valence-corrected chi connectivity index (χ1v) is 6.60. The fourth-order valence-corrected chi connectivity index (χ4v) is 2.63. The van der Waals surface area contributed by atoms with Crippen molar-refractivity contribution in [3.8, 4) is 0 Å². The zero-order valence-corrected chi connectivity index (χ0v) is 11.0. The van der Waals surface area contributed by atoms with Gasteiger partial charge in [0.05, 0.1) is 0 Å². The molecule has 0 bridgehead atoms. The number of fused-ring (bicyclic) bond motifs is 1. The lowest BCUT2D eigenvalue weighted by Crippen LogP contribution is -2.57. The second-order valence-corrected chi connectivity index (χ2v) is 4.97. The quantitative estimate of drug-likeness (QED) is 0.746. The number of carboxylic acid groups (broad SMARTS) is 1. The molecule has 0 spiro atoms. The van der Waals surface area contributed by atoms with Gasteiger partial charge in [-0.15, -0.1) is 0 Å². The van der Waals surface area contributed by atoms with E-state index in [1.165, 1.54) is 0 Å². The number of rotatable bonds is 3. The fourth-order valence-electron chi connectivity index (χ4n) is 2.63. The number of aliphatic carboxylic acids is 1. The van der Waals surface area contributed by atoms with Gasteiger partial charge in [0.2, 0.25) is 5.91 Å². The zero-order chi connectivity index (χ0) is 14.0. The van der Waals surface area contributed by atoms with Crippen LogP contribution in [-0.4, -0.2) is 64.5 Å². The summed E-state index contributed by atoms with van der Waals surface area (Å²) in [5, 5.41) is 11.4. The first-order chi connectivity index (χ1) is 9.02. The highest BCUT2D eigenvalue weighted by molar-refractivity contribution is 5.83. The molecule has 7 heteroatoms. The van der Waals surface area contributed by atoms with Gasteiger partial charge in [-0.2, -0.15) is 0 Å². The molecule has 0 aromatic heterocycles. The van der Waals surface area contributed by atoms with E-state index in [4.69, 9.17) is 5.11 Å². The smallest absolute Gasteiger partial charge is 0.326 e. The highest BCUT2D eigenvalue weighted by Crippen LogP contribution is 2.22. The van der Waals surface area contributed by atoms with Gasteiger partial charge in [0.1, 0.15) is 6.04 Å². The Morgan fingerprint density at radius 2 is 2.21 bits per heavy atom. The molecule has 2 fully saturated rings. The first kappa shape index (κ1) is 13.6. The number of carbonyl (C=O) groups excluding carboxylic acids is 2. The van der Waals surface area contributed by atoms with Crippen molar-refractivity contribution >= 4 is 17.9 Å². The van der Waals surface area contributed by atoms with Gasteiger partial charge in [-0.1, -0.05) is 6.92 Å². The van der Waals surface area contributed by atoms with E-state index >= 15 is 0 Å². The first-order valence-electron chi connectivity index (χ1n) is 6.60. The lowest BCUT2D eigenvalue weighted by molar-refractivity contribution is -0.139. The maximum Gasteiger partial charge on any atom is 0.326 e. The predicted octanol–water partition coefficient (Wildman–Crippen LogP) is -0.134. The molecule has 2 heterocycles. The lowest BCUT2D eigenvalue weighted by atomic mass is 10.1. The second kappa shape index (κ2) is 5.46. The molecule has 7 nitrogen and oxygen atoms in total. The summed E-state index contributed by atoms with van der Waals surface area (Å²) in [7, 11) is 0. The van der Waals surface area contributed by atoms with Crippen LogP contribution in [0.3, 0.4) is 0 Å². The number of nitrogens with one attached hydrogen (secondary N) is 1. The number of hydrogen-bond donors (Lipinski definition) is 2. The van der Waals surface area contributed by atoms with Crippen LogP contribution >= 0.6 is 0 Å². The normalized spacial score (nSPS) is 24.1. The average Bonchev–Trinajstić information content (AvgIpc) is 2.76. The van der Waals surface area contributed by atoms with Crippen LogP contribution < -0.4 is 5.32 Å². The zero-order valence-electron chi connectivity index (χ0n) is 11.0. The molecule has 0 aromatic carbocycles. The van der Waals surface area contributed by atoms with Gasteiger partial charge in [0, 0.05) is 32.1 Å².